The maximum atomic E-state index is 10.3. The van der Waals surface area contributed by atoms with E-state index >= 15 is 0 Å². The third-order valence-electron chi connectivity index (χ3n) is 2.13. The molecule has 0 saturated carbocycles. The van der Waals surface area contributed by atoms with Crippen LogP contribution in [0.25, 0.3) is 0 Å². The molecule has 0 radical (unpaired) electrons. The molecule has 15 heavy (non-hydrogen) atoms. The van der Waals surface area contributed by atoms with E-state index in [1.165, 1.54) is 13.2 Å². The van der Waals surface area contributed by atoms with E-state index < -0.39 is 6.16 Å². The van der Waals surface area contributed by atoms with Gasteiger partial charge in [0, 0.05) is 0 Å². The van der Waals surface area contributed by atoms with Crippen molar-refractivity contribution in [1.29, 1.82) is 0 Å². The number of benzene rings is 1. The van der Waals surface area contributed by atoms with E-state index in [-0.39, 0.29) is 17.2 Å². The van der Waals surface area contributed by atoms with Crippen molar-refractivity contribution in [2.24, 2.45) is 0 Å². The zero-order valence-corrected chi connectivity index (χ0v) is 8.70. The van der Waals surface area contributed by atoms with Gasteiger partial charge in [-0.15, -0.1) is 0 Å². The van der Waals surface area contributed by atoms with Crippen LogP contribution in [0, 0.1) is 13.8 Å². The molecule has 5 heteroatoms. The van der Waals surface area contributed by atoms with Gasteiger partial charge in [0.05, 0.1) is 7.11 Å². The molecule has 5 nitrogen and oxygen atoms in total. The summed E-state index contributed by atoms with van der Waals surface area (Å²) in [6.07, 6.45) is -1.48. The molecule has 0 amide bonds. The summed E-state index contributed by atoms with van der Waals surface area (Å²) in [4.78, 5) is 10.3. The van der Waals surface area contributed by atoms with Crippen LogP contribution in [-0.2, 0) is 0 Å². The van der Waals surface area contributed by atoms with Crippen molar-refractivity contribution in [3.05, 3.63) is 17.2 Å². The lowest BCUT2D eigenvalue weighted by molar-refractivity contribution is 0.142. The number of ether oxygens (including phenoxy) is 2. The van der Waals surface area contributed by atoms with Gasteiger partial charge in [0.1, 0.15) is 0 Å². The number of aromatic hydroxyl groups is 1. The molecule has 0 spiro atoms. The number of methoxy groups -OCH3 is 1. The molecule has 82 valence electrons. The van der Waals surface area contributed by atoms with Gasteiger partial charge in [-0.3, -0.25) is 0 Å². The van der Waals surface area contributed by atoms with Gasteiger partial charge in [-0.2, -0.15) is 0 Å². The van der Waals surface area contributed by atoms with Crippen LogP contribution in [0.15, 0.2) is 6.07 Å². The maximum Gasteiger partial charge on any atom is 0.511 e. The van der Waals surface area contributed by atoms with E-state index in [4.69, 9.17) is 9.84 Å². The Morgan fingerprint density at radius 3 is 2.47 bits per heavy atom. The number of rotatable bonds is 2. The lowest BCUT2D eigenvalue weighted by Gasteiger charge is -2.12. The van der Waals surface area contributed by atoms with E-state index in [2.05, 4.69) is 4.74 Å². The maximum absolute atomic E-state index is 10.3. The zero-order valence-electron chi connectivity index (χ0n) is 8.70. The Morgan fingerprint density at radius 1 is 1.40 bits per heavy atom. The van der Waals surface area contributed by atoms with Gasteiger partial charge in [-0.25, -0.2) is 4.79 Å². The van der Waals surface area contributed by atoms with Crippen molar-refractivity contribution in [2.75, 3.05) is 7.11 Å². The highest BCUT2D eigenvalue weighted by Crippen LogP contribution is 2.40. The minimum atomic E-state index is -1.48. The monoisotopic (exact) mass is 212 g/mol. The van der Waals surface area contributed by atoms with Crippen LogP contribution < -0.4 is 9.47 Å². The summed E-state index contributed by atoms with van der Waals surface area (Å²) in [5.74, 6) is -0.197. The first-order valence-corrected chi connectivity index (χ1v) is 4.25. The quantitative estimate of drug-likeness (QED) is 0.579. The lowest BCUT2D eigenvalue weighted by Crippen LogP contribution is -2.04. The number of hydrogen-bond acceptors (Lipinski definition) is 4. The molecule has 0 aliphatic heterocycles. The molecule has 0 aliphatic rings. The highest BCUT2D eigenvalue weighted by molar-refractivity contribution is 5.66. The molecule has 1 aromatic rings. The minimum absolute atomic E-state index is 0.123. The van der Waals surface area contributed by atoms with Crippen LogP contribution in [0.3, 0.4) is 0 Å². The molecule has 0 aromatic heterocycles. The topological polar surface area (TPSA) is 76.0 Å². The third-order valence-corrected chi connectivity index (χ3v) is 2.13. The molecule has 0 saturated heterocycles. The molecule has 0 atom stereocenters. The van der Waals surface area contributed by atoms with Crippen molar-refractivity contribution in [3.8, 4) is 17.2 Å². The largest absolute Gasteiger partial charge is 0.511 e. The van der Waals surface area contributed by atoms with Crippen LogP contribution >= 0.6 is 0 Å². The van der Waals surface area contributed by atoms with Crippen LogP contribution in [0.2, 0.25) is 0 Å². The second kappa shape index (κ2) is 4.08. The van der Waals surface area contributed by atoms with Crippen molar-refractivity contribution in [3.63, 3.8) is 0 Å². The second-order valence-electron chi connectivity index (χ2n) is 3.07. The molecule has 0 bridgehead atoms. The average Bonchev–Trinajstić information content (AvgIpc) is 2.14. The summed E-state index contributed by atoms with van der Waals surface area (Å²) in [5, 5.41) is 18.1. The van der Waals surface area contributed by atoms with Gasteiger partial charge in [-0.1, -0.05) is 0 Å². The Hall–Kier alpha value is -1.91. The summed E-state index contributed by atoms with van der Waals surface area (Å²) in [5.41, 5.74) is 1.52. The van der Waals surface area contributed by atoms with E-state index in [1.807, 2.05) is 0 Å². The summed E-state index contributed by atoms with van der Waals surface area (Å²) < 4.78 is 9.37. The molecule has 2 N–H and O–H groups in total. The Kier molecular flexibility index (Phi) is 3.04. The van der Waals surface area contributed by atoms with Crippen LogP contribution in [0.5, 0.6) is 17.2 Å². The Labute approximate surface area is 86.9 Å². The fourth-order valence-corrected chi connectivity index (χ4v) is 1.26. The SMILES string of the molecule is COc1c(C)c(C)cc(OC(=O)O)c1O. The molecule has 0 unspecified atom stereocenters. The van der Waals surface area contributed by atoms with Crippen molar-refractivity contribution in [1.82, 2.24) is 0 Å². The van der Waals surface area contributed by atoms with Gasteiger partial charge in [0.15, 0.2) is 11.5 Å². The van der Waals surface area contributed by atoms with Crippen molar-refractivity contribution >= 4 is 6.16 Å². The minimum Gasteiger partial charge on any atom is -0.502 e. The first kappa shape index (κ1) is 11.2. The fraction of sp³-hybridized carbons (Fsp3) is 0.300. The van der Waals surface area contributed by atoms with Crippen molar-refractivity contribution < 1.29 is 24.5 Å². The lowest BCUT2D eigenvalue weighted by atomic mass is 10.1. The zero-order chi connectivity index (χ0) is 11.6. The smallest absolute Gasteiger partial charge is 0.502 e. The van der Waals surface area contributed by atoms with Gasteiger partial charge in [-0.05, 0) is 31.0 Å². The first-order valence-electron chi connectivity index (χ1n) is 4.25. The molecule has 1 aromatic carbocycles. The van der Waals surface area contributed by atoms with Gasteiger partial charge in [0.2, 0.25) is 5.75 Å². The van der Waals surface area contributed by atoms with E-state index in [0.717, 1.165) is 11.1 Å². The number of phenols is 1. The van der Waals surface area contributed by atoms with E-state index in [9.17, 15) is 9.90 Å². The number of phenolic OH excluding ortho intramolecular Hbond substituents is 1. The summed E-state index contributed by atoms with van der Waals surface area (Å²) in [6.45, 7) is 3.53. The van der Waals surface area contributed by atoms with Crippen molar-refractivity contribution in [2.45, 2.75) is 13.8 Å². The van der Waals surface area contributed by atoms with Gasteiger partial charge in [0.25, 0.3) is 0 Å². The number of carboxylic acid groups (broad SMARTS) is 1. The van der Waals surface area contributed by atoms with Crippen LogP contribution in [-0.4, -0.2) is 23.5 Å². The predicted octanol–water partition coefficient (Wildman–Crippen LogP) is 2.07. The van der Waals surface area contributed by atoms with Crippen LogP contribution in [0.1, 0.15) is 11.1 Å². The molecule has 0 fully saturated rings. The highest BCUT2D eigenvalue weighted by Gasteiger charge is 2.16. The Balaban J connectivity index is 3.30. The second-order valence-corrected chi connectivity index (χ2v) is 3.07. The highest BCUT2D eigenvalue weighted by atomic mass is 16.7. The summed E-state index contributed by atoms with van der Waals surface area (Å²) in [6, 6.07) is 1.45. The fourth-order valence-electron chi connectivity index (χ4n) is 1.26. The average molecular weight is 212 g/mol. The molecule has 0 aliphatic carbocycles. The Morgan fingerprint density at radius 2 is 2.00 bits per heavy atom. The number of carbonyl (C=O) groups is 1. The van der Waals surface area contributed by atoms with Gasteiger partial charge >= 0.3 is 6.16 Å². The normalized spacial score (nSPS) is 9.80. The first-order chi connectivity index (χ1) is 6.97. The predicted molar refractivity (Wildman–Crippen MR) is 52.8 cm³/mol. The Bertz CT molecular complexity index is 397. The molecular formula is C10H12O5. The standard InChI is InChI=1S/C10H12O5/c1-5-4-7(15-10(12)13)8(11)9(14-3)6(5)2/h4,11H,1-3H3,(H,12,13). The molecular weight excluding hydrogens is 200 g/mol. The summed E-state index contributed by atoms with van der Waals surface area (Å²) >= 11 is 0. The number of aryl methyl sites for hydroxylation is 1. The molecule has 0 heterocycles. The number of hydrogen-bond donors (Lipinski definition) is 2. The van der Waals surface area contributed by atoms with Crippen LogP contribution in [0.4, 0.5) is 4.79 Å². The molecule has 1 rings (SSSR count). The van der Waals surface area contributed by atoms with E-state index in [1.54, 1.807) is 13.8 Å². The summed E-state index contributed by atoms with van der Waals surface area (Å²) in [7, 11) is 1.39. The van der Waals surface area contributed by atoms with E-state index in [0.29, 0.717) is 0 Å². The van der Waals surface area contributed by atoms with Gasteiger partial charge < -0.3 is 19.7 Å². The third kappa shape index (κ3) is 2.12.